The molecule has 0 saturated carbocycles. The smallest absolute Gasteiger partial charge is 0.104 e. The van der Waals surface area contributed by atoms with Crippen molar-refractivity contribution < 1.29 is 0 Å². The predicted molar refractivity (Wildman–Crippen MR) is 67.9 cm³/mol. The lowest BCUT2D eigenvalue weighted by Gasteiger charge is -2.09. The van der Waals surface area contributed by atoms with E-state index in [9.17, 15) is 0 Å². The van der Waals surface area contributed by atoms with E-state index < -0.39 is 0 Å². The van der Waals surface area contributed by atoms with E-state index in [1.54, 1.807) is 0 Å². The second-order valence-electron chi connectivity index (χ2n) is 3.55. The molecule has 1 aromatic carbocycles. The second-order valence-corrected chi connectivity index (χ2v) is 5.03. The van der Waals surface area contributed by atoms with Gasteiger partial charge >= 0.3 is 0 Å². The van der Waals surface area contributed by atoms with Crippen LogP contribution in [0.5, 0.6) is 0 Å². The maximum absolute atomic E-state index is 6.18. The van der Waals surface area contributed by atoms with Crippen LogP contribution < -0.4 is 0 Å². The van der Waals surface area contributed by atoms with Gasteiger partial charge in [-0.3, -0.25) is 5.10 Å². The Hall–Kier alpha value is -0.290. The van der Waals surface area contributed by atoms with Gasteiger partial charge in [0.1, 0.15) is 3.70 Å². The number of H-pyrrole nitrogens is 1. The van der Waals surface area contributed by atoms with E-state index in [2.05, 4.69) is 46.6 Å². The van der Waals surface area contributed by atoms with Crippen LogP contribution in [0, 0.1) is 3.70 Å². The summed E-state index contributed by atoms with van der Waals surface area (Å²) in [6.07, 6.45) is 0. The molecule has 14 heavy (non-hydrogen) atoms. The lowest BCUT2D eigenvalue weighted by Crippen LogP contribution is -1.90. The van der Waals surface area contributed by atoms with Gasteiger partial charge in [0.25, 0.3) is 0 Å². The van der Waals surface area contributed by atoms with E-state index in [-0.39, 0.29) is 0 Å². The molecule has 0 fully saturated rings. The highest BCUT2D eigenvalue weighted by atomic mass is 127. The number of nitrogens with one attached hydrogen (secondary N) is 1. The minimum atomic E-state index is 0.414. The molecule has 0 saturated heterocycles. The van der Waals surface area contributed by atoms with Crippen molar-refractivity contribution in [3.05, 3.63) is 26.4 Å². The summed E-state index contributed by atoms with van der Waals surface area (Å²) in [6, 6.07) is 3.86. The van der Waals surface area contributed by atoms with Crippen molar-refractivity contribution in [3.8, 4) is 0 Å². The zero-order chi connectivity index (χ0) is 10.3. The molecule has 2 aromatic rings. The van der Waals surface area contributed by atoms with E-state index in [4.69, 9.17) is 11.6 Å². The number of fused-ring (bicyclic) bond motifs is 1. The van der Waals surface area contributed by atoms with Crippen molar-refractivity contribution >= 4 is 45.1 Å². The van der Waals surface area contributed by atoms with Gasteiger partial charge in [-0.05, 0) is 46.2 Å². The summed E-state index contributed by atoms with van der Waals surface area (Å²) in [4.78, 5) is 0. The summed E-state index contributed by atoms with van der Waals surface area (Å²) >= 11 is 8.43. The van der Waals surface area contributed by atoms with Gasteiger partial charge in [0.2, 0.25) is 0 Å². The Balaban J connectivity index is 2.87. The van der Waals surface area contributed by atoms with Crippen molar-refractivity contribution in [1.29, 1.82) is 0 Å². The zero-order valence-electron chi connectivity index (χ0n) is 7.94. The fourth-order valence-electron chi connectivity index (χ4n) is 1.64. The first-order valence-electron chi connectivity index (χ1n) is 4.43. The van der Waals surface area contributed by atoms with Gasteiger partial charge in [-0.2, -0.15) is 5.10 Å². The predicted octanol–water partition coefficient (Wildman–Crippen LogP) is 3.94. The average Bonchev–Trinajstić information content (AvgIpc) is 2.47. The fraction of sp³-hybridized carbons (Fsp3) is 0.300. The molecule has 0 amide bonds. The van der Waals surface area contributed by atoms with Gasteiger partial charge in [-0.1, -0.05) is 25.4 Å². The van der Waals surface area contributed by atoms with Crippen LogP contribution in [0.25, 0.3) is 10.9 Å². The van der Waals surface area contributed by atoms with E-state index in [0.29, 0.717) is 5.92 Å². The Morgan fingerprint density at radius 2 is 2.14 bits per heavy atom. The summed E-state index contributed by atoms with van der Waals surface area (Å²) in [7, 11) is 0. The third-order valence-corrected chi connectivity index (χ3v) is 3.35. The molecule has 2 rings (SSSR count). The first-order valence-corrected chi connectivity index (χ1v) is 5.89. The summed E-state index contributed by atoms with van der Waals surface area (Å²) in [5, 5.41) is 9.17. The largest absolute Gasteiger partial charge is 0.271 e. The Labute approximate surface area is 101 Å². The molecular weight excluding hydrogens is 310 g/mol. The highest BCUT2D eigenvalue weighted by molar-refractivity contribution is 14.1. The maximum Gasteiger partial charge on any atom is 0.104 e. The van der Waals surface area contributed by atoms with Gasteiger partial charge < -0.3 is 0 Å². The molecule has 0 spiro atoms. The number of hydrogen-bond donors (Lipinski definition) is 1. The maximum atomic E-state index is 6.18. The Morgan fingerprint density at radius 1 is 1.43 bits per heavy atom. The van der Waals surface area contributed by atoms with Crippen molar-refractivity contribution in [2.75, 3.05) is 0 Å². The molecule has 1 aromatic heterocycles. The molecule has 0 bridgehead atoms. The number of rotatable bonds is 1. The highest BCUT2D eigenvalue weighted by Gasteiger charge is 2.14. The lowest BCUT2D eigenvalue weighted by molar-refractivity contribution is 0.876. The van der Waals surface area contributed by atoms with Gasteiger partial charge in [-0.15, -0.1) is 0 Å². The number of aromatic amines is 1. The SMILES string of the molecule is CC(C)c1c(Cl)ccc2n[nH]c(I)c12. The standard InChI is InChI=1S/C10H10ClIN2/c1-5(2)8-6(11)3-4-7-9(8)10(12)14-13-7/h3-5H,1-2H3,(H,13,14). The first-order chi connectivity index (χ1) is 6.61. The summed E-state index contributed by atoms with van der Waals surface area (Å²) in [5.41, 5.74) is 2.17. The number of nitrogens with zero attached hydrogens (tertiary/aromatic N) is 1. The molecule has 1 N–H and O–H groups in total. The molecule has 1 heterocycles. The Bertz CT molecular complexity index is 476. The molecule has 0 aliphatic carbocycles. The van der Waals surface area contributed by atoms with Crippen LogP contribution >= 0.6 is 34.2 Å². The molecule has 0 aliphatic rings. The van der Waals surface area contributed by atoms with E-state index in [0.717, 1.165) is 19.6 Å². The summed E-state index contributed by atoms with van der Waals surface area (Å²) < 4.78 is 1.06. The van der Waals surface area contributed by atoms with Crippen LogP contribution in [-0.4, -0.2) is 10.2 Å². The summed E-state index contributed by atoms with van der Waals surface area (Å²) in [6.45, 7) is 4.29. The molecule has 74 valence electrons. The minimum Gasteiger partial charge on any atom is -0.271 e. The molecule has 0 aliphatic heterocycles. The second kappa shape index (κ2) is 3.70. The van der Waals surface area contributed by atoms with Gasteiger partial charge in [0, 0.05) is 10.4 Å². The molecular formula is C10H10ClIN2. The quantitative estimate of drug-likeness (QED) is 0.792. The average molecular weight is 321 g/mol. The number of benzene rings is 1. The fourth-order valence-corrected chi connectivity index (χ4v) is 2.70. The monoisotopic (exact) mass is 320 g/mol. The van der Waals surface area contributed by atoms with Crippen molar-refractivity contribution in [2.45, 2.75) is 19.8 Å². The molecule has 0 radical (unpaired) electrons. The van der Waals surface area contributed by atoms with E-state index in [1.807, 2.05) is 12.1 Å². The summed E-state index contributed by atoms with van der Waals surface area (Å²) in [5.74, 6) is 0.414. The molecule has 4 heteroatoms. The Morgan fingerprint density at radius 3 is 2.79 bits per heavy atom. The first kappa shape index (κ1) is 10.2. The van der Waals surface area contributed by atoms with Gasteiger partial charge in [0.05, 0.1) is 5.52 Å². The van der Waals surface area contributed by atoms with Crippen LogP contribution in [0.2, 0.25) is 5.02 Å². The molecule has 0 unspecified atom stereocenters. The van der Waals surface area contributed by atoms with E-state index in [1.165, 1.54) is 5.56 Å². The van der Waals surface area contributed by atoms with Crippen molar-refractivity contribution in [3.63, 3.8) is 0 Å². The topological polar surface area (TPSA) is 28.7 Å². The molecule has 0 atom stereocenters. The van der Waals surface area contributed by atoms with E-state index >= 15 is 0 Å². The van der Waals surface area contributed by atoms with Crippen LogP contribution in [0.1, 0.15) is 25.3 Å². The van der Waals surface area contributed by atoms with Crippen LogP contribution in [0.4, 0.5) is 0 Å². The highest BCUT2D eigenvalue weighted by Crippen LogP contribution is 2.33. The van der Waals surface area contributed by atoms with Crippen LogP contribution in [0.15, 0.2) is 12.1 Å². The van der Waals surface area contributed by atoms with Crippen LogP contribution in [-0.2, 0) is 0 Å². The van der Waals surface area contributed by atoms with Crippen LogP contribution in [0.3, 0.4) is 0 Å². The van der Waals surface area contributed by atoms with Crippen molar-refractivity contribution in [2.24, 2.45) is 0 Å². The number of hydrogen-bond acceptors (Lipinski definition) is 1. The lowest BCUT2D eigenvalue weighted by atomic mass is 9.99. The third kappa shape index (κ3) is 1.52. The number of halogens is 2. The third-order valence-electron chi connectivity index (χ3n) is 2.24. The number of aromatic nitrogens is 2. The van der Waals surface area contributed by atoms with Crippen molar-refractivity contribution in [1.82, 2.24) is 10.2 Å². The van der Waals surface area contributed by atoms with Gasteiger partial charge in [0.15, 0.2) is 0 Å². The zero-order valence-corrected chi connectivity index (χ0v) is 10.8. The normalized spacial score (nSPS) is 11.5. The minimum absolute atomic E-state index is 0.414. The Kier molecular flexibility index (Phi) is 2.70. The molecule has 2 nitrogen and oxygen atoms in total. The van der Waals surface area contributed by atoms with Gasteiger partial charge in [-0.25, -0.2) is 0 Å².